The molecule has 1 amide bonds. The molecule has 0 bridgehead atoms. The number of morpholine rings is 1. The molecule has 3 fully saturated rings. The summed E-state index contributed by atoms with van der Waals surface area (Å²) in [5.74, 6) is 0.0994. The van der Waals surface area contributed by atoms with Crippen molar-refractivity contribution in [1.29, 1.82) is 0 Å². The number of nitrogens with one attached hydrogen (secondary N) is 1. The van der Waals surface area contributed by atoms with Crippen LogP contribution in [-0.2, 0) is 9.53 Å². The zero-order valence-electron chi connectivity index (χ0n) is 14.8. The summed E-state index contributed by atoms with van der Waals surface area (Å²) in [7, 11) is 0. The SMILES string of the molecule is O=C(CN1CCCC(O)C1)NCC1(N2CCOCC2)CCCCC1. The molecule has 6 nitrogen and oxygen atoms in total. The molecule has 1 saturated carbocycles. The van der Waals surface area contributed by atoms with E-state index in [1.165, 1.54) is 32.1 Å². The van der Waals surface area contributed by atoms with Crippen molar-refractivity contribution < 1.29 is 14.6 Å². The van der Waals surface area contributed by atoms with Gasteiger partial charge in [0.15, 0.2) is 0 Å². The van der Waals surface area contributed by atoms with Crippen molar-refractivity contribution in [3.05, 3.63) is 0 Å². The van der Waals surface area contributed by atoms with Crippen LogP contribution in [0.3, 0.4) is 0 Å². The molecular weight excluding hydrogens is 306 g/mol. The summed E-state index contributed by atoms with van der Waals surface area (Å²) in [4.78, 5) is 17.0. The van der Waals surface area contributed by atoms with Crippen molar-refractivity contribution in [3.8, 4) is 0 Å². The Kier molecular flexibility index (Phi) is 6.49. The zero-order valence-corrected chi connectivity index (χ0v) is 14.8. The number of amides is 1. The van der Waals surface area contributed by atoms with Crippen molar-refractivity contribution in [1.82, 2.24) is 15.1 Å². The van der Waals surface area contributed by atoms with E-state index in [1.807, 2.05) is 0 Å². The summed E-state index contributed by atoms with van der Waals surface area (Å²) in [6.45, 7) is 6.28. The first-order valence-corrected chi connectivity index (χ1v) is 9.68. The van der Waals surface area contributed by atoms with Gasteiger partial charge in [0.25, 0.3) is 0 Å². The van der Waals surface area contributed by atoms with Gasteiger partial charge in [0.2, 0.25) is 5.91 Å². The van der Waals surface area contributed by atoms with Gasteiger partial charge in [-0.3, -0.25) is 14.6 Å². The third-order valence-corrected chi connectivity index (χ3v) is 5.93. The van der Waals surface area contributed by atoms with Gasteiger partial charge in [0, 0.05) is 31.7 Å². The fourth-order valence-corrected chi connectivity index (χ4v) is 4.55. The molecule has 0 radical (unpaired) electrons. The number of nitrogens with zero attached hydrogens (tertiary/aromatic N) is 2. The second-order valence-electron chi connectivity index (χ2n) is 7.69. The molecular formula is C18H33N3O3. The lowest BCUT2D eigenvalue weighted by atomic mass is 9.79. The third kappa shape index (κ3) is 4.69. The van der Waals surface area contributed by atoms with Crippen LogP contribution in [0.4, 0.5) is 0 Å². The van der Waals surface area contributed by atoms with Crippen LogP contribution in [0.15, 0.2) is 0 Å². The maximum atomic E-state index is 12.4. The summed E-state index contributed by atoms with van der Waals surface area (Å²) in [6.07, 6.45) is 7.74. The maximum Gasteiger partial charge on any atom is 0.234 e. The highest BCUT2D eigenvalue weighted by atomic mass is 16.5. The molecule has 2 saturated heterocycles. The first-order chi connectivity index (χ1) is 11.7. The first kappa shape index (κ1) is 18.1. The van der Waals surface area contributed by atoms with Crippen LogP contribution in [0.1, 0.15) is 44.9 Å². The Morgan fingerprint density at radius 3 is 2.58 bits per heavy atom. The highest BCUT2D eigenvalue weighted by Gasteiger charge is 2.38. The summed E-state index contributed by atoms with van der Waals surface area (Å²) >= 11 is 0. The monoisotopic (exact) mass is 339 g/mol. The van der Waals surface area contributed by atoms with Gasteiger partial charge in [0.05, 0.1) is 25.9 Å². The van der Waals surface area contributed by atoms with E-state index < -0.39 is 0 Å². The van der Waals surface area contributed by atoms with E-state index in [0.29, 0.717) is 13.1 Å². The van der Waals surface area contributed by atoms with E-state index in [9.17, 15) is 9.90 Å². The molecule has 6 heteroatoms. The number of ether oxygens (including phenoxy) is 1. The largest absolute Gasteiger partial charge is 0.392 e. The number of hydrogen-bond acceptors (Lipinski definition) is 5. The van der Waals surface area contributed by atoms with Gasteiger partial charge in [-0.25, -0.2) is 0 Å². The highest BCUT2D eigenvalue weighted by molar-refractivity contribution is 5.78. The lowest BCUT2D eigenvalue weighted by Crippen LogP contribution is -2.60. The molecule has 0 aromatic carbocycles. The first-order valence-electron chi connectivity index (χ1n) is 9.68. The number of aliphatic hydroxyl groups is 1. The van der Waals surface area contributed by atoms with Crippen molar-refractivity contribution >= 4 is 5.91 Å². The topological polar surface area (TPSA) is 65.0 Å². The standard InChI is InChI=1S/C18H33N3O3/c22-16-5-4-8-20(13-16)14-17(23)19-15-18(6-2-1-3-7-18)21-9-11-24-12-10-21/h16,22H,1-15H2,(H,19,23). The van der Waals surface area contributed by atoms with Crippen LogP contribution >= 0.6 is 0 Å². The van der Waals surface area contributed by atoms with Crippen LogP contribution in [0.25, 0.3) is 0 Å². The Morgan fingerprint density at radius 2 is 1.88 bits per heavy atom. The molecule has 138 valence electrons. The normalized spacial score (nSPS) is 29.3. The molecule has 0 aromatic heterocycles. The predicted octanol–water partition coefficient (Wildman–Crippen LogP) is 0.594. The van der Waals surface area contributed by atoms with Gasteiger partial charge in [-0.15, -0.1) is 0 Å². The molecule has 3 rings (SSSR count). The minimum absolute atomic E-state index is 0.0994. The Bertz CT molecular complexity index is 406. The summed E-state index contributed by atoms with van der Waals surface area (Å²) < 4.78 is 5.51. The second-order valence-corrected chi connectivity index (χ2v) is 7.69. The van der Waals surface area contributed by atoms with E-state index in [-0.39, 0.29) is 17.6 Å². The van der Waals surface area contributed by atoms with Crippen LogP contribution in [0.2, 0.25) is 0 Å². The van der Waals surface area contributed by atoms with Gasteiger partial charge < -0.3 is 15.2 Å². The van der Waals surface area contributed by atoms with Gasteiger partial charge in [-0.2, -0.15) is 0 Å². The quantitative estimate of drug-likeness (QED) is 0.768. The lowest BCUT2D eigenvalue weighted by Gasteiger charge is -2.48. The van der Waals surface area contributed by atoms with Gasteiger partial charge in [-0.05, 0) is 32.2 Å². The van der Waals surface area contributed by atoms with E-state index in [2.05, 4.69) is 15.1 Å². The van der Waals surface area contributed by atoms with Gasteiger partial charge >= 0.3 is 0 Å². The summed E-state index contributed by atoms with van der Waals surface area (Å²) in [5.41, 5.74) is 0.124. The molecule has 2 N–H and O–H groups in total. The maximum absolute atomic E-state index is 12.4. The van der Waals surface area contributed by atoms with Crippen molar-refractivity contribution in [3.63, 3.8) is 0 Å². The number of likely N-dealkylation sites (tertiary alicyclic amines) is 1. The van der Waals surface area contributed by atoms with Crippen molar-refractivity contribution in [2.75, 3.05) is 52.5 Å². The average Bonchev–Trinajstić information content (AvgIpc) is 2.62. The molecule has 1 aliphatic carbocycles. The van der Waals surface area contributed by atoms with E-state index >= 15 is 0 Å². The number of piperidine rings is 1. The van der Waals surface area contributed by atoms with Crippen molar-refractivity contribution in [2.45, 2.75) is 56.6 Å². The smallest absolute Gasteiger partial charge is 0.234 e. The molecule has 3 aliphatic rings. The van der Waals surface area contributed by atoms with Crippen LogP contribution in [0.5, 0.6) is 0 Å². The molecule has 0 aromatic rings. The van der Waals surface area contributed by atoms with Crippen LogP contribution in [-0.4, -0.2) is 84.9 Å². The molecule has 1 atom stereocenters. The second kappa shape index (κ2) is 8.61. The van der Waals surface area contributed by atoms with E-state index in [4.69, 9.17) is 4.74 Å². The number of rotatable bonds is 5. The number of β-amino-alcohol motifs (C(OH)–C–C–N with tert-alkyl or cyclic N) is 1. The van der Waals surface area contributed by atoms with Crippen LogP contribution in [0, 0.1) is 0 Å². The van der Waals surface area contributed by atoms with E-state index in [0.717, 1.165) is 52.2 Å². The zero-order chi connectivity index (χ0) is 16.8. The third-order valence-electron chi connectivity index (χ3n) is 5.93. The van der Waals surface area contributed by atoms with Gasteiger partial charge in [-0.1, -0.05) is 19.3 Å². The fraction of sp³-hybridized carbons (Fsp3) is 0.944. The Balaban J connectivity index is 1.52. The number of hydrogen-bond donors (Lipinski definition) is 2. The number of aliphatic hydroxyl groups excluding tert-OH is 1. The van der Waals surface area contributed by atoms with Gasteiger partial charge in [0.1, 0.15) is 0 Å². The Labute approximate surface area is 145 Å². The van der Waals surface area contributed by atoms with Crippen molar-refractivity contribution in [2.24, 2.45) is 0 Å². The van der Waals surface area contributed by atoms with E-state index in [1.54, 1.807) is 0 Å². The fourth-order valence-electron chi connectivity index (χ4n) is 4.55. The molecule has 1 unspecified atom stereocenters. The molecule has 24 heavy (non-hydrogen) atoms. The lowest BCUT2D eigenvalue weighted by molar-refractivity contribution is -0.124. The number of carbonyl (C=O) groups is 1. The minimum Gasteiger partial charge on any atom is -0.392 e. The molecule has 2 aliphatic heterocycles. The molecule has 2 heterocycles. The minimum atomic E-state index is -0.274. The summed E-state index contributed by atoms with van der Waals surface area (Å²) in [6, 6.07) is 0. The highest BCUT2D eigenvalue weighted by Crippen LogP contribution is 2.33. The summed E-state index contributed by atoms with van der Waals surface area (Å²) in [5, 5.41) is 13.0. The number of carbonyl (C=O) groups excluding carboxylic acids is 1. The Hall–Kier alpha value is -0.690. The average molecular weight is 339 g/mol. The van der Waals surface area contributed by atoms with Crippen LogP contribution < -0.4 is 5.32 Å². The predicted molar refractivity (Wildman–Crippen MR) is 92.9 cm³/mol. The molecule has 0 spiro atoms. The Morgan fingerprint density at radius 1 is 1.12 bits per heavy atom.